The van der Waals surface area contributed by atoms with Crippen LogP contribution in [0.25, 0.3) is 6.08 Å². The highest BCUT2D eigenvalue weighted by Gasteiger charge is 2.06. The Bertz CT molecular complexity index is 801. The van der Waals surface area contributed by atoms with Gasteiger partial charge in [-0.25, -0.2) is 0 Å². The Morgan fingerprint density at radius 3 is 2.65 bits per heavy atom. The third-order valence-electron chi connectivity index (χ3n) is 3.04. The Labute approximate surface area is 143 Å². The molecule has 0 spiro atoms. The summed E-state index contributed by atoms with van der Waals surface area (Å²) in [6.45, 7) is 0.355. The minimum atomic E-state index is 0.0225. The van der Waals surface area contributed by atoms with Crippen molar-refractivity contribution < 1.29 is 9.47 Å². The van der Waals surface area contributed by atoms with E-state index in [9.17, 15) is 0 Å². The van der Waals surface area contributed by atoms with Crippen LogP contribution in [0.15, 0.2) is 52.5 Å². The van der Waals surface area contributed by atoms with E-state index in [2.05, 4.69) is 15.9 Å². The molecule has 0 aliphatic carbocycles. The predicted octanol–water partition coefficient (Wildman–Crippen LogP) is 4.47. The molecule has 2 aromatic rings. The highest BCUT2D eigenvalue weighted by atomic mass is 79.9. The molecule has 0 saturated heterocycles. The van der Waals surface area contributed by atoms with E-state index in [0.717, 1.165) is 15.8 Å². The van der Waals surface area contributed by atoms with Crippen LogP contribution in [0.1, 0.15) is 11.1 Å². The monoisotopic (exact) mass is 368 g/mol. The summed E-state index contributed by atoms with van der Waals surface area (Å²) in [6, 6.07) is 16.7. The van der Waals surface area contributed by atoms with Crippen molar-refractivity contribution in [1.82, 2.24) is 0 Å². The molecule has 23 heavy (non-hydrogen) atoms. The van der Waals surface area contributed by atoms with E-state index in [1.807, 2.05) is 42.5 Å². The van der Waals surface area contributed by atoms with Gasteiger partial charge in [0.15, 0.2) is 0 Å². The highest BCUT2D eigenvalue weighted by Crippen LogP contribution is 2.26. The van der Waals surface area contributed by atoms with Gasteiger partial charge in [0.05, 0.1) is 7.11 Å². The molecule has 0 amide bonds. The van der Waals surface area contributed by atoms with Gasteiger partial charge < -0.3 is 9.47 Å². The Morgan fingerprint density at radius 1 is 1.17 bits per heavy atom. The van der Waals surface area contributed by atoms with Gasteiger partial charge in [0, 0.05) is 10.0 Å². The summed E-state index contributed by atoms with van der Waals surface area (Å²) in [4.78, 5) is 0. The van der Waals surface area contributed by atoms with Crippen molar-refractivity contribution in [2.24, 2.45) is 0 Å². The summed E-state index contributed by atoms with van der Waals surface area (Å²) in [5.41, 5.74) is 1.65. The summed E-state index contributed by atoms with van der Waals surface area (Å²) < 4.78 is 11.9. The number of nitriles is 2. The van der Waals surface area contributed by atoms with Crippen molar-refractivity contribution in [2.45, 2.75) is 6.61 Å². The zero-order valence-corrected chi connectivity index (χ0v) is 14.0. The molecule has 0 fully saturated rings. The van der Waals surface area contributed by atoms with E-state index in [0.29, 0.717) is 17.9 Å². The first kappa shape index (κ1) is 16.6. The minimum absolute atomic E-state index is 0.0225. The zero-order valence-electron chi connectivity index (χ0n) is 12.4. The van der Waals surface area contributed by atoms with Crippen LogP contribution in [-0.4, -0.2) is 7.11 Å². The van der Waals surface area contributed by atoms with Crippen LogP contribution >= 0.6 is 15.9 Å². The van der Waals surface area contributed by atoms with E-state index < -0.39 is 0 Å². The maximum Gasteiger partial charge on any atom is 0.130 e. The third kappa shape index (κ3) is 4.60. The Kier molecular flexibility index (Phi) is 5.80. The second-order valence-corrected chi connectivity index (χ2v) is 5.52. The van der Waals surface area contributed by atoms with Crippen LogP contribution in [0.5, 0.6) is 11.5 Å². The standard InChI is InChI=1S/C18H13BrN2O2/c1-22-17-4-2-3-13(8-17)12-23-18-6-5-16(19)9-15(18)7-14(10-20)11-21/h2-9H,12H2,1H3. The van der Waals surface area contributed by atoms with Gasteiger partial charge in [-0.3, -0.25) is 0 Å². The largest absolute Gasteiger partial charge is 0.497 e. The highest BCUT2D eigenvalue weighted by molar-refractivity contribution is 9.10. The lowest BCUT2D eigenvalue weighted by molar-refractivity contribution is 0.304. The number of methoxy groups -OCH3 is 1. The lowest BCUT2D eigenvalue weighted by atomic mass is 10.1. The predicted molar refractivity (Wildman–Crippen MR) is 90.7 cm³/mol. The molecule has 0 radical (unpaired) electrons. The molecule has 0 aliphatic heterocycles. The Balaban J connectivity index is 2.25. The Hall–Kier alpha value is -2.76. The topological polar surface area (TPSA) is 66.0 Å². The first-order valence-corrected chi connectivity index (χ1v) is 7.52. The van der Waals surface area contributed by atoms with Crippen LogP contribution in [0, 0.1) is 22.7 Å². The van der Waals surface area contributed by atoms with Crippen LogP contribution < -0.4 is 9.47 Å². The number of hydrogen-bond donors (Lipinski definition) is 0. The molecule has 5 heteroatoms. The fourth-order valence-corrected chi connectivity index (χ4v) is 2.31. The van der Waals surface area contributed by atoms with Gasteiger partial charge in [-0.15, -0.1) is 0 Å². The van der Waals surface area contributed by atoms with Crippen LogP contribution in [-0.2, 0) is 6.61 Å². The number of ether oxygens (including phenoxy) is 2. The van der Waals surface area contributed by atoms with Crippen molar-refractivity contribution in [3.63, 3.8) is 0 Å². The Morgan fingerprint density at radius 2 is 1.96 bits per heavy atom. The molecule has 0 atom stereocenters. The number of halogens is 1. The van der Waals surface area contributed by atoms with Gasteiger partial charge in [-0.2, -0.15) is 10.5 Å². The van der Waals surface area contributed by atoms with Crippen molar-refractivity contribution >= 4 is 22.0 Å². The molecule has 0 bridgehead atoms. The van der Waals surface area contributed by atoms with Gasteiger partial charge in [-0.1, -0.05) is 28.1 Å². The fraction of sp³-hybridized carbons (Fsp3) is 0.111. The van der Waals surface area contributed by atoms with Crippen molar-refractivity contribution in [2.75, 3.05) is 7.11 Å². The first-order chi connectivity index (χ1) is 11.2. The molecule has 2 aromatic carbocycles. The smallest absolute Gasteiger partial charge is 0.130 e. The summed E-state index contributed by atoms with van der Waals surface area (Å²) >= 11 is 3.38. The maximum absolute atomic E-state index is 8.91. The van der Waals surface area contributed by atoms with E-state index in [4.69, 9.17) is 20.0 Å². The van der Waals surface area contributed by atoms with Crippen molar-refractivity contribution in [1.29, 1.82) is 10.5 Å². The van der Waals surface area contributed by atoms with E-state index in [1.54, 1.807) is 19.2 Å². The van der Waals surface area contributed by atoms with Gasteiger partial charge in [0.1, 0.15) is 35.8 Å². The summed E-state index contributed by atoms with van der Waals surface area (Å²) in [6.07, 6.45) is 1.51. The third-order valence-corrected chi connectivity index (χ3v) is 3.53. The molecular formula is C18H13BrN2O2. The average molecular weight is 369 g/mol. The molecular weight excluding hydrogens is 356 g/mol. The van der Waals surface area contributed by atoms with Crippen LogP contribution in [0.4, 0.5) is 0 Å². The van der Waals surface area contributed by atoms with E-state index >= 15 is 0 Å². The van der Waals surface area contributed by atoms with Gasteiger partial charge >= 0.3 is 0 Å². The second kappa shape index (κ2) is 8.03. The molecule has 0 unspecified atom stereocenters. The van der Waals surface area contributed by atoms with Crippen molar-refractivity contribution in [3.05, 3.63) is 63.6 Å². The van der Waals surface area contributed by atoms with Gasteiger partial charge in [0.2, 0.25) is 0 Å². The number of nitrogens with zero attached hydrogens (tertiary/aromatic N) is 2. The van der Waals surface area contributed by atoms with Gasteiger partial charge in [-0.05, 0) is 42.0 Å². The number of hydrogen-bond acceptors (Lipinski definition) is 4. The number of allylic oxidation sites excluding steroid dienone is 1. The van der Waals surface area contributed by atoms with Gasteiger partial charge in [0.25, 0.3) is 0 Å². The van der Waals surface area contributed by atoms with Crippen LogP contribution in [0.2, 0.25) is 0 Å². The fourth-order valence-electron chi connectivity index (χ4n) is 1.93. The molecule has 4 nitrogen and oxygen atoms in total. The molecule has 0 heterocycles. The zero-order chi connectivity index (χ0) is 16.7. The quantitative estimate of drug-likeness (QED) is 0.730. The molecule has 114 valence electrons. The summed E-state index contributed by atoms with van der Waals surface area (Å²) in [5.74, 6) is 1.36. The average Bonchev–Trinajstić information content (AvgIpc) is 2.59. The minimum Gasteiger partial charge on any atom is -0.497 e. The van der Waals surface area contributed by atoms with Crippen LogP contribution in [0.3, 0.4) is 0 Å². The first-order valence-electron chi connectivity index (χ1n) is 6.73. The summed E-state index contributed by atoms with van der Waals surface area (Å²) in [5, 5.41) is 17.8. The summed E-state index contributed by atoms with van der Waals surface area (Å²) in [7, 11) is 1.61. The molecule has 0 aromatic heterocycles. The van der Waals surface area contributed by atoms with E-state index in [-0.39, 0.29) is 5.57 Å². The second-order valence-electron chi connectivity index (χ2n) is 4.60. The molecule has 0 aliphatic rings. The van der Waals surface area contributed by atoms with E-state index in [1.165, 1.54) is 6.08 Å². The number of benzene rings is 2. The van der Waals surface area contributed by atoms with Crippen molar-refractivity contribution in [3.8, 4) is 23.6 Å². The lowest BCUT2D eigenvalue weighted by Crippen LogP contribution is -1.98. The molecule has 0 N–H and O–H groups in total. The molecule has 0 saturated carbocycles. The number of rotatable bonds is 5. The normalized spacial score (nSPS) is 9.39. The lowest BCUT2D eigenvalue weighted by Gasteiger charge is -2.10. The molecule has 2 rings (SSSR count). The maximum atomic E-state index is 8.91. The SMILES string of the molecule is COc1cccc(COc2ccc(Br)cc2C=C(C#N)C#N)c1.